The van der Waals surface area contributed by atoms with E-state index in [-0.39, 0.29) is 18.4 Å². The van der Waals surface area contributed by atoms with Crippen molar-refractivity contribution in [2.45, 2.75) is 12.8 Å². The van der Waals surface area contributed by atoms with E-state index in [1.54, 1.807) is 43.3 Å². The number of amides is 2. The van der Waals surface area contributed by atoms with Crippen molar-refractivity contribution < 1.29 is 29.0 Å². The Morgan fingerprint density at radius 3 is 2.56 bits per heavy atom. The molecule has 0 unspecified atom stereocenters. The lowest BCUT2D eigenvalue weighted by molar-refractivity contribution is -0.145. The molecular formula is C19H26N2O6. The highest BCUT2D eigenvalue weighted by atomic mass is 16.5. The van der Waals surface area contributed by atoms with Gasteiger partial charge in [-0.05, 0) is 31.0 Å². The zero-order valence-corrected chi connectivity index (χ0v) is 15.7. The molecule has 2 rings (SSSR count). The van der Waals surface area contributed by atoms with Crippen LogP contribution in [0.15, 0.2) is 24.3 Å². The normalized spacial score (nSPS) is 14.7. The zero-order chi connectivity index (χ0) is 19.8. The number of nitrogens with zero attached hydrogens (tertiary/aromatic N) is 2. The van der Waals surface area contributed by atoms with Gasteiger partial charge in [0.05, 0.1) is 19.1 Å². The summed E-state index contributed by atoms with van der Waals surface area (Å²) in [6, 6.07) is 6.79. The van der Waals surface area contributed by atoms with E-state index in [0.717, 1.165) is 0 Å². The number of methoxy groups -OCH3 is 1. The monoisotopic (exact) mass is 378 g/mol. The van der Waals surface area contributed by atoms with Crippen molar-refractivity contribution in [1.82, 2.24) is 9.80 Å². The van der Waals surface area contributed by atoms with E-state index in [1.165, 1.54) is 4.90 Å². The Hall–Kier alpha value is -2.61. The minimum Gasteiger partial charge on any atom is -0.491 e. The first kappa shape index (κ1) is 20.7. The Morgan fingerprint density at radius 1 is 1.22 bits per heavy atom. The summed E-state index contributed by atoms with van der Waals surface area (Å²) in [5.41, 5.74) is 0.435. The van der Waals surface area contributed by atoms with E-state index in [4.69, 9.17) is 14.6 Å². The molecule has 0 aliphatic carbocycles. The molecule has 0 atom stereocenters. The highest BCUT2D eigenvalue weighted by molar-refractivity contribution is 5.96. The van der Waals surface area contributed by atoms with Gasteiger partial charge in [0.25, 0.3) is 5.91 Å². The number of carboxylic acid groups (broad SMARTS) is 1. The minimum absolute atomic E-state index is 0.0503. The van der Waals surface area contributed by atoms with Crippen LogP contribution in [-0.4, -0.2) is 79.7 Å². The summed E-state index contributed by atoms with van der Waals surface area (Å²) >= 11 is 0. The fourth-order valence-corrected chi connectivity index (χ4v) is 2.93. The molecule has 1 N–H and O–H groups in total. The van der Waals surface area contributed by atoms with Gasteiger partial charge >= 0.3 is 5.97 Å². The Kier molecular flexibility index (Phi) is 7.60. The van der Waals surface area contributed by atoms with Gasteiger partial charge in [0.15, 0.2) is 0 Å². The molecule has 2 amide bonds. The lowest BCUT2D eigenvalue weighted by Gasteiger charge is -2.31. The Labute approximate surface area is 158 Å². The third-order valence-electron chi connectivity index (χ3n) is 4.55. The van der Waals surface area contributed by atoms with Crippen LogP contribution in [0.1, 0.15) is 23.2 Å². The maximum absolute atomic E-state index is 12.6. The number of carboxylic acids is 1. The molecule has 0 aromatic heterocycles. The second kappa shape index (κ2) is 9.91. The number of likely N-dealkylation sites (N-methyl/N-ethyl adjacent to an activating group) is 1. The third kappa shape index (κ3) is 5.96. The first-order valence-corrected chi connectivity index (χ1v) is 8.90. The maximum atomic E-state index is 12.6. The van der Waals surface area contributed by atoms with E-state index < -0.39 is 11.9 Å². The second-order valence-corrected chi connectivity index (χ2v) is 6.52. The molecule has 0 bridgehead atoms. The first-order valence-electron chi connectivity index (χ1n) is 8.90. The lowest BCUT2D eigenvalue weighted by atomic mass is 9.97. The number of piperidine rings is 1. The Balaban J connectivity index is 1.89. The molecule has 27 heavy (non-hydrogen) atoms. The van der Waals surface area contributed by atoms with Crippen molar-refractivity contribution in [1.29, 1.82) is 0 Å². The van der Waals surface area contributed by atoms with Crippen LogP contribution in [0, 0.1) is 5.92 Å². The Morgan fingerprint density at radius 2 is 1.93 bits per heavy atom. The predicted molar refractivity (Wildman–Crippen MR) is 97.7 cm³/mol. The average Bonchev–Trinajstić information content (AvgIpc) is 2.67. The number of carbonyl (C=O) groups is 3. The highest BCUT2D eigenvalue weighted by Gasteiger charge is 2.28. The van der Waals surface area contributed by atoms with Gasteiger partial charge in [0.1, 0.15) is 12.4 Å². The number of hydrogen-bond acceptors (Lipinski definition) is 5. The number of ether oxygens (including phenoxy) is 2. The molecule has 1 aliphatic rings. The number of likely N-dealkylation sites (tertiary alicyclic amines) is 1. The molecular weight excluding hydrogens is 352 g/mol. The molecule has 0 radical (unpaired) electrons. The average molecular weight is 378 g/mol. The van der Waals surface area contributed by atoms with Gasteiger partial charge < -0.3 is 24.4 Å². The summed E-state index contributed by atoms with van der Waals surface area (Å²) in [5.74, 6) is -1.10. The summed E-state index contributed by atoms with van der Waals surface area (Å²) in [7, 11) is 3.15. The van der Waals surface area contributed by atoms with Crippen molar-refractivity contribution in [3.05, 3.63) is 29.8 Å². The van der Waals surface area contributed by atoms with Crippen molar-refractivity contribution in [2.24, 2.45) is 5.92 Å². The number of carbonyl (C=O) groups excluding carboxylic acids is 2. The van der Waals surface area contributed by atoms with Gasteiger partial charge in [0, 0.05) is 32.8 Å². The van der Waals surface area contributed by atoms with Crippen LogP contribution in [0.3, 0.4) is 0 Å². The van der Waals surface area contributed by atoms with Crippen LogP contribution in [0.2, 0.25) is 0 Å². The molecule has 1 aromatic rings. The first-order chi connectivity index (χ1) is 12.9. The quantitative estimate of drug-likeness (QED) is 0.681. The minimum atomic E-state index is -0.818. The summed E-state index contributed by atoms with van der Waals surface area (Å²) < 4.78 is 10.4. The smallest absolute Gasteiger partial charge is 0.306 e. The summed E-state index contributed by atoms with van der Waals surface area (Å²) in [4.78, 5) is 39.0. The molecule has 1 heterocycles. The fourth-order valence-electron chi connectivity index (χ4n) is 2.93. The molecule has 0 spiro atoms. The molecule has 8 heteroatoms. The van der Waals surface area contributed by atoms with Gasteiger partial charge in [-0.2, -0.15) is 0 Å². The van der Waals surface area contributed by atoms with E-state index in [1.807, 2.05) is 0 Å². The molecule has 1 aromatic carbocycles. The standard InChI is InChI=1S/C19H26N2O6/c1-20(13-17(22)21-8-6-14(7-9-21)19(24)25)18(23)15-4-3-5-16(12-15)27-11-10-26-2/h3-5,12,14H,6-11,13H2,1-2H3,(H,24,25). The van der Waals surface area contributed by atoms with Crippen LogP contribution >= 0.6 is 0 Å². The number of benzene rings is 1. The van der Waals surface area contributed by atoms with Crippen molar-refractivity contribution in [2.75, 3.05) is 47.0 Å². The number of aliphatic carboxylic acids is 1. The second-order valence-electron chi connectivity index (χ2n) is 6.52. The number of hydrogen-bond donors (Lipinski definition) is 1. The van der Waals surface area contributed by atoms with Gasteiger partial charge in [0.2, 0.25) is 5.91 Å². The molecule has 148 valence electrons. The van der Waals surface area contributed by atoms with Gasteiger partial charge in [-0.15, -0.1) is 0 Å². The SMILES string of the molecule is COCCOc1cccc(C(=O)N(C)CC(=O)N2CCC(C(=O)O)CC2)c1. The lowest BCUT2D eigenvalue weighted by Crippen LogP contribution is -2.45. The summed E-state index contributed by atoms with van der Waals surface area (Å²) in [6.07, 6.45) is 0.888. The molecule has 8 nitrogen and oxygen atoms in total. The van der Waals surface area contributed by atoms with Gasteiger partial charge in [-0.1, -0.05) is 6.07 Å². The van der Waals surface area contributed by atoms with Crippen LogP contribution in [0.4, 0.5) is 0 Å². The largest absolute Gasteiger partial charge is 0.491 e. The topological polar surface area (TPSA) is 96.4 Å². The maximum Gasteiger partial charge on any atom is 0.306 e. The summed E-state index contributed by atoms with van der Waals surface area (Å²) in [6.45, 7) is 1.59. The zero-order valence-electron chi connectivity index (χ0n) is 15.7. The fraction of sp³-hybridized carbons (Fsp3) is 0.526. The van der Waals surface area contributed by atoms with Crippen molar-refractivity contribution in [3.8, 4) is 5.75 Å². The number of rotatable bonds is 8. The van der Waals surface area contributed by atoms with Crippen molar-refractivity contribution in [3.63, 3.8) is 0 Å². The van der Waals surface area contributed by atoms with E-state index in [9.17, 15) is 14.4 Å². The van der Waals surface area contributed by atoms with E-state index >= 15 is 0 Å². The highest BCUT2D eigenvalue weighted by Crippen LogP contribution is 2.18. The molecule has 1 aliphatic heterocycles. The van der Waals surface area contributed by atoms with E-state index in [0.29, 0.717) is 50.5 Å². The van der Waals surface area contributed by atoms with Gasteiger partial charge in [-0.25, -0.2) is 0 Å². The summed E-state index contributed by atoms with van der Waals surface area (Å²) in [5, 5.41) is 9.02. The third-order valence-corrected chi connectivity index (χ3v) is 4.55. The van der Waals surface area contributed by atoms with Crippen molar-refractivity contribution >= 4 is 17.8 Å². The van der Waals surface area contributed by atoms with Crippen LogP contribution < -0.4 is 4.74 Å². The molecule has 0 saturated carbocycles. The molecule has 1 saturated heterocycles. The Bertz CT molecular complexity index is 670. The van der Waals surface area contributed by atoms with Crippen LogP contribution in [0.25, 0.3) is 0 Å². The molecule has 1 fully saturated rings. The predicted octanol–water partition coefficient (Wildman–Crippen LogP) is 1.11. The van der Waals surface area contributed by atoms with Crippen LogP contribution in [-0.2, 0) is 14.3 Å². The van der Waals surface area contributed by atoms with E-state index in [2.05, 4.69) is 0 Å². The van der Waals surface area contributed by atoms with Crippen LogP contribution in [0.5, 0.6) is 5.75 Å². The van der Waals surface area contributed by atoms with Gasteiger partial charge in [-0.3, -0.25) is 14.4 Å².